The molecule has 0 aromatic carbocycles. The van der Waals surface area contributed by atoms with Crippen molar-refractivity contribution in [2.45, 2.75) is 6.92 Å². The minimum absolute atomic E-state index is 0.579. The van der Waals surface area contributed by atoms with Crippen molar-refractivity contribution in [1.82, 2.24) is 9.97 Å². The molecule has 0 spiro atoms. The molecule has 0 bridgehead atoms. The van der Waals surface area contributed by atoms with E-state index in [2.05, 4.69) is 15.3 Å². The van der Waals surface area contributed by atoms with Crippen molar-refractivity contribution in [2.75, 3.05) is 37.5 Å². The molecule has 1 rings (SSSR count). The number of anilines is 2. The summed E-state index contributed by atoms with van der Waals surface area (Å²) >= 11 is 0. The minimum Gasteiger partial charge on any atom is -0.383 e. The largest absolute Gasteiger partial charge is 0.383 e. The fraction of sp³-hybridized carbons (Fsp3) is 0.500. The summed E-state index contributed by atoms with van der Waals surface area (Å²) in [6.07, 6.45) is 1.99. The molecule has 0 unspecified atom stereocenters. The van der Waals surface area contributed by atoms with Crippen LogP contribution < -0.4 is 10.2 Å². The van der Waals surface area contributed by atoms with E-state index in [4.69, 9.17) is 10.00 Å². The van der Waals surface area contributed by atoms with E-state index in [0.29, 0.717) is 30.6 Å². The summed E-state index contributed by atoms with van der Waals surface area (Å²) in [5, 5.41) is 11.9. The van der Waals surface area contributed by atoms with E-state index in [-0.39, 0.29) is 0 Å². The van der Waals surface area contributed by atoms with Crippen LogP contribution in [0.4, 0.5) is 11.6 Å². The summed E-state index contributed by atoms with van der Waals surface area (Å²) in [7, 11) is 3.29. The summed E-state index contributed by atoms with van der Waals surface area (Å²) in [6, 6.07) is 1.73. The third-order valence-electron chi connectivity index (χ3n) is 1.93. The van der Waals surface area contributed by atoms with Crippen LogP contribution in [-0.4, -0.2) is 37.3 Å². The predicted octanol–water partition coefficient (Wildman–Crippen LogP) is 0.761. The average Bonchev–Trinajstić information content (AvgIpc) is 2.27. The number of rotatable bonds is 5. The van der Waals surface area contributed by atoms with Gasteiger partial charge in [0.05, 0.1) is 6.61 Å². The highest BCUT2D eigenvalue weighted by Gasteiger charge is 2.05. The highest BCUT2D eigenvalue weighted by molar-refractivity contribution is 5.51. The monoisotopic (exact) mass is 221 g/mol. The minimum atomic E-state index is 0.579. The van der Waals surface area contributed by atoms with Gasteiger partial charge in [-0.25, -0.2) is 9.97 Å². The van der Waals surface area contributed by atoms with Gasteiger partial charge in [-0.15, -0.1) is 0 Å². The van der Waals surface area contributed by atoms with E-state index in [1.54, 1.807) is 27.1 Å². The van der Waals surface area contributed by atoms with Gasteiger partial charge >= 0.3 is 0 Å². The fourth-order valence-corrected chi connectivity index (χ4v) is 1.15. The molecule has 0 atom stereocenters. The molecule has 1 aromatic rings. The molecule has 0 aliphatic carbocycles. The molecule has 0 saturated carbocycles. The van der Waals surface area contributed by atoms with Crippen molar-refractivity contribution in [3.05, 3.63) is 11.9 Å². The van der Waals surface area contributed by atoms with Gasteiger partial charge in [0, 0.05) is 26.8 Å². The van der Waals surface area contributed by atoms with Gasteiger partial charge in [0.25, 0.3) is 0 Å². The zero-order chi connectivity index (χ0) is 12.0. The maximum Gasteiger partial charge on any atom is 0.185 e. The van der Waals surface area contributed by atoms with Crippen LogP contribution >= 0.6 is 0 Å². The number of methoxy groups -OCH3 is 1. The van der Waals surface area contributed by atoms with Gasteiger partial charge in [-0.05, 0) is 6.92 Å². The Kier molecular flexibility index (Phi) is 4.48. The molecule has 1 aromatic heterocycles. The predicted molar refractivity (Wildman–Crippen MR) is 61.2 cm³/mol. The van der Waals surface area contributed by atoms with Crippen molar-refractivity contribution in [1.29, 1.82) is 5.26 Å². The van der Waals surface area contributed by atoms with Crippen molar-refractivity contribution in [2.24, 2.45) is 0 Å². The SMILES string of the molecule is COCCNc1cc(N(C)C#N)nc(C)n1. The standard InChI is InChI=1S/C10H15N5O/c1-8-13-9(12-4-5-16-3)6-10(14-8)15(2)7-11/h6H,4-5H2,1-3H3,(H,12,13,14). The van der Waals surface area contributed by atoms with Crippen LogP contribution in [0.5, 0.6) is 0 Å². The number of hydrogen-bond donors (Lipinski definition) is 1. The lowest BCUT2D eigenvalue weighted by atomic mass is 10.4. The lowest BCUT2D eigenvalue weighted by Crippen LogP contribution is -2.14. The molecule has 86 valence electrons. The van der Waals surface area contributed by atoms with E-state index < -0.39 is 0 Å². The Bertz CT molecular complexity index is 387. The third kappa shape index (κ3) is 3.37. The number of nitrogens with zero attached hydrogens (tertiary/aromatic N) is 4. The Hall–Kier alpha value is -1.87. The second-order valence-electron chi connectivity index (χ2n) is 3.24. The van der Waals surface area contributed by atoms with Crippen LogP contribution in [0, 0.1) is 18.4 Å². The Labute approximate surface area is 94.9 Å². The first-order valence-electron chi connectivity index (χ1n) is 4.89. The smallest absolute Gasteiger partial charge is 0.185 e. The van der Waals surface area contributed by atoms with E-state index in [1.165, 1.54) is 4.90 Å². The van der Waals surface area contributed by atoms with Gasteiger partial charge in [0.15, 0.2) is 6.19 Å². The van der Waals surface area contributed by atoms with Gasteiger partial charge in [-0.2, -0.15) is 5.26 Å². The lowest BCUT2D eigenvalue weighted by Gasteiger charge is -2.11. The molecule has 16 heavy (non-hydrogen) atoms. The Balaban J connectivity index is 2.78. The van der Waals surface area contributed by atoms with Gasteiger partial charge in [-0.1, -0.05) is 0 Å². The van der Waals surface area contributed by atoms with Gasteiger partial charge in [0.2, 0.25) is 0 Å². The van der Waals surface area contributed by atoms with Gasteiger partial charge in [0.1, 0.15) is 17.5 Å². The summed E-state index contributed by atoms with van der Waals surface area (Å²) < 4.78 is 4.92. The van der Waals surface area contributed by atoms with Crippen LogP contribution in [0.1, 0.15) is 5.82 Å². The summed E-state index contributed by atoms with van der Waals surface area (Å²) in [6.45, 7) is 3.06. The maximum absolute atomic E-state index is 8.76. The molecule has 0 amide bonds. The molecule has 1 heterocycles. The summed E-state index contributed by atoms with van der Waals surface area (Å²) in [5.41, 5.74) is 0. The molecule has 0 fully saturated rings. The van der Waals surface area contributed by atoms with Crippen LogP contribution in [0.15, 0.2) is 6.07 Å². The van der Waals surface area contributed by atoms with Crippen LogP contribution in [-0.2, 0) is 4.74 Å². The topological polar surface area (TPSA) is 74.1 Å². The molecular weight excluding hydrogens is 206 g/mol. The van der Waals surface area contributed by atoms with Crippen molar-refractivity contribution in [3.63, 3.8) is 0 Å². The van der Waals surface area contributed by atoms with Crippen LogP contribution in [0.3, 0.4) is 0 Å². The average molecular weight is 221 g/mol. The van der Waals surface area contributed by atoms with E-state index in [1.807, 2.05) is 6.19 Å². The molecule has 0 saturated heterocycles. The first-order chi connectivity index (χ1) is 7.67. The van der Waals surface area contributed by atoms with Gasteiger partial charge in [-0.3, -0.25) is 4.90 Å². The third-order valence-corrected chi connectivity index (χ3v) is 1.93. The number of hydrogen-bond acceptors (Lipinski definition) is 6. The Morgan fingerprint density at radius 3 is 2.94 bits per heavy atom. The maximum atomic E-state index is 8.76. The zero-order valence-electron chi connectivity index (χ0n) is 9.69. The highest BCUT2D eigenvalue weighted by atomic mass is 16.5. The summed E-state index contributed by atoms with van der Waals surface area (Å²) in [5.74, 6) is 1.90. The molecule has 0 aliphatic rings. The number of nitrogens with one attached hydrogen (secondary N) is 1. The quantitative estimate of drug-likeness (QED) is 0.449. The molecule has 6 heteroatoms. The lowest BCUT2D eigenvalue weighted by molar-refractivity contribution is 0.210. The second-order valence-corrected chi connectivity index (χ2v) is 3.24. The number of aromatic nitrogens is 2. The van der Waals surface area contributed by atoms with Crippen molar-refractivity contribution < 1.29 is 4.74 Å². The van der Waals surface area contributed by atoms with E-state index in [9.17, 15) is 0 Å². The number of ether oxygens (including phenoxy) is 1. The second kappa shape index (κ2) is 5.88. The Morgan fingerprint density at radius 1 is 1.56 bits per heavy atom. The number of aryl methyl sites for hydroxylation is 1. The molecular formula is C10H15N5O. The first kappa shape index (κ1) is 12.2. The van der Waals surface area contributed by atoms with Crippen molar-refractivity contribution in [3.8, 4) is 6.19 Å². The van der Waals surface area contributed by atoms with Crippen molar-refractivity contribution >= 4 is 11.6 Å². The Morgan fingerprint density at radius 2 is 2.31 bits per heavy atom. The van der Waals surface area contributed by atoms with Crippen LogP contribution in [0.2, 0.25) is 0 Å². The van der Waals surface area contributed by atoms with Gasteiger partial charge < -0.3 is 10.1 Å². The molecule has 1 N–H and O–H groups in total. The highest BCUT2D eigenvalue weighted by Crippen LogP contribution is 2.13. The van der Waals surface area contributed by atoms with E-state index >= 15 is 0 Å². The van der Waals surface area contributed by atoms with Crippen LogP contribution in [0.25, 0.3) is 0 Å². The zero-order valence-corrected chi connectivity index (χ0v) is 9.69. The fourth-order valence-electron chi connectivity index (χ4n) is 1.15. The number of nitriles is 1. The first-order valence-corrected chi connectivity index (χ1v) is 4.89. The molecule has 6 nitrogen and oxygen atoms in total. The molecule has 0 aliphatic heterocycles. The molecule has 0 radical (unpaired) electrons. The summed E-state index contributed by atoms with van der Waals surface area (Å²) in [4.78, 5) is 9.75. The normalized spacial score (nSPS) is 9.62. The van der Waals surface area contributed by atoms with E-state index in [0.717, 1.165) is 0 Å².